The highest BCUT2D eigenvalue weighted by molar-refractivity contribution is 6.31. The topological polar surface area (TPSA) is 55.5 Å². The fraction of sp³-hybridized carbons (Fsp3) is 0.231. The SMILES string of the molecule is C/C(C=Nc1cc(Cl)ccc1C=O)=C/N.CC. The van der Waals surface area contributed by atoms with E-state index < -0.39 is 0 Å². The number of hydrogen-bond acceptors (Lipinski definition) is 3. The summed E-state index contributed by atoms with van der Waals surface area (Å²) >= 11 is 5.79. The highest BCUT2D eigenvalue weighted by Crippen LogP contribution is 2.22. The van der Waals surface area contributed by atoms with Crippen molar-refractivity contribution in [2.24, 2.45) is 10.7 Å². The maximum atomic E-state index is 10.7. The summed E-state index contributed by atoms with van der Waals surface area (Å²) in [6, 6.07) is 4.91. The Morgan fingerprint density at radius 1 is 1.41 bits per heavy atom. The van der Waals surface area contributed by atoms with Gasteiger partial charge in [0.2, 0.25) is 0 Å². The van der Waals surface area contributed by atoms with Gasteiger partial charge in [0.1, 0.15) is 0 Å². The van der Waals surface area contributed by atoms with Gasteiger partial charge in [0.15, 0.2) is 6.29 Å². The summed E-state index contributed by atoms with van der Waals surface area (Å²) in [6.45, 7) is 5.81. The number of carbonyl (C=O) groups is 1. The van der Waals surface area contributed by atoms with Gasteiger partial charge in [0.05, 0.1) is 5.69 Å². The first kappa shape index (κ1) is 15.4. The monoisotopic (exact) mass is 252 g/mol. The Hall–Kier alpha value is -1.61. The van der Waals surface area contributed by atoms with Gasteiger partial charge in [-0.15, -0.1) is 0 Å². The number of aliphatic imine (C=N–C) groups is 1. The van der Waals surface area contributed by atoms with Crippen LogP contribution in [-0.4, -0.2) is 12.5 Å². The van der Waals surface area contributed by atoms with Crippen LogP contribution in [0.3, 0.4) is 0 Å². The third kappa shape index (κ3) is 5.31. The zero-order valence-electron chi connectivity index (χ0n) is 10.3. The summed E-state index contributed by atoms with van der Waals surface area (Å²) < 4.78 is 0. The van der Waals surface area contributed by atoms with Crippen LogP contribution in [0.2, 0.25) is 5.02 Å². The van der Waals surface area contributed by atoms with Gasteiger partial charge >= 0.3 is 0 Å². The molecule has 0 fully saturated rings. The minimum atomic E-state index is 0.500. The molecule has 0 spiro atoms. The Kier molecular flexibility index (Phi) is 7.72. The van der Waals surface area contributed by atoms with Gasteiger partial charge in [-0.05, 0) is 36.9 Å². The second-order valence-corrected chi connectivity index (χ2v) is 3.43. The average molecular weight is 253 g/mol. The van der Waals surface area contributed by atoms with Gasteiger partial charge in [-0.3, -0.25) is 9.79 Å². The molecule has 1 aromatic rings. The van der Waals surface area contributed by atoms with E-state index in [2.05, 4.69) is 4.99 Å². The van der Waals surface area contributed by atoms with Crippen molar-refractivity contribution in [2.45, 2.75) is 20.8 Å². The number of benzene rings is 1. The van der Waals surface area contributed by atoms with E-state index in [1.807, 2.05) is 20.8 Å². The zero-order chi connectivity index (χ0) is 13.3. The van der Waals surface area contributed by atoms with Gasteiger partial charge in [0.25, 0.3) is 0 Å². The van der Waals surface area contributed by atoms with E-state index in [-0.39, 0.29) is 0 Å². The van der Waals surface area contributed by atoms with Gasteiger partial charge in [-0.2, -0.15) is 0 Å². The van der Waals surface area contributed by atoms with Crippen LogP contribution in [0, 0.1) is 0 Å². The normalized spacial score (nSPS) is 10.9. The Morgan fingerprint density at radius 3 is 2.59 bits per heavy atom. The van der Waals surface area contributed by atoms with Gasteiger partial charge in [-0.1, -0.05) is 25.4 Å². The molecule has 0 aromatic heterocycles. The molecule has 0 aliphatic carbocycles. The fourth-order valence-corrected chi connectivity index (χ4v) is 1.11. The van der Waals surface area contributed by atoms with Gasteiger partial charge in [-0.25, -0.2) is 0 Å². The minimum absolute atomic E-state index is 0.500. The van der Waals surface area contributed by atoms with E-state index in [4.69, 9.17) is 17.3 Å². The minimum Gasteiger partial charge on any atom is -0.404 e. The van der Waals surface area contributed by atoms with Crippen LogP contribution < -0.4 is 5.73 Å². The molecular weight excluding hydrogens is 236 g/mol. The summed E-state index contributed by atoms with van der Waals surface area (Å²) in [7, 11) is 0. The number of aldehydes is 1. The lowest BCUT2D eigenvalue weighted by atomic mass is 10.2. The highest BCUT2D eigenvalue weighted by Gasteiger charge is 1.99. The van der Waals surface area contributed by atoms with Crippen LogP contribution in [0.25, 0.3) is 0 Å². The molecule has 0 bridgehead atoms. The van der Waals surface area contributed by atoms with Crippen LogP contribution in [0.1, 0.15) is 31.1 Å². The highest BCUT2D eigenvalue weighted by atomic mass is 35.5. The van der Waals surface area contributed by atoms with Crippen molar-refractivity contribution in [3.63, 3.8) is 0 Å². The Labute approximate surface area is 107 Å². The molecule has 0 amide bonds. The molecule has 2 N–H and O–H groups in total. The van der Waals surface area contributed by atoms with Gasteiger partial charge < -0.3 is 5.73 Å². The lowest BCUT2D eigenvalue weighted by molar-refractivity contribution is 0.112. The molecule has 0 heterocycles. The Bertz CT molecular complexity index is 425. The predicted octanol–water partition coefficient (Wildman–Crippen LogP) is 3.74. The average Bonchev–Trinajstić information content (AvgIpc) is 2.38. The molecule has 3 nitrogen and oxygen atoms in total. The van der Waals surface area contributed by atoms with E-state index in [0.29, 0.717) is 16.3 Å². The molecule has 0 aliphatic heterocycles. The lowest BCUT2D eigenvalue weighted by Gasteiger charge is -1.98. The Morgan fingerprint density at radius 2 is 2.06 bits per heavy atom. The number of hydrogen-bond donors (Lipinski definition) is 1. The maximum Gasteiger partial charge on any atom is 0.152 e. The second kappa shape index (κ2) is 8.53. The number of carbonyl (C=O) groups excluding carboxylic acids is 1. The predicted molar refractivity (Wildman–Crippen MR) is 74.3 cm³/mol. The van der Waals surface area contributed by atoms with Crippen molar-refractivity contribution in [3.8, 4) is 0 Å². The van der Waals surface area contributed by atoms with E-state index >= 15 is 0 Å². The number of halogens is 1. The third-order valence-electron chi connectivity index (χ3n) is 1.79. The molecule has 4 heteroatoms. The van der Waals surface area contributed by atoms with Crippen molar-refractivity contribution in [3.05, 3.63) is 40.6 Å². The summed E-state index contributed by atoms with van der Waals surface area (Å²) in [5.41, 5.74) is 7.14. The molecule has 17 heavy (non-hydrogen) atoms. The lowest BCUT2D eigenvalue weighted by Crippen LogP contribution is -1.86. The first-order valence-electron chi connectivity index (χ1n) is 5.34. The van der Waals surface area contributed by atoms with Crippen LogP contribution in [0.4, 0.5) is 5.69 Å². The van der Waals surface area contributed by atoms with Crippen molar-refractivity contribution in [1.82, 2.24) is 0 Å². The first-order valence-corrected chi connectivity index (χ1v) is 5.72. The van der Waals surface area contributed by atoms with Crippen molar-refractivity contribution >= 4 is 29.8 Å². The first-order chi connectivity index (χ1) is 8.17. The summed E-state index contributed by atoms with van der Waals surface area (Å²) in [5, 5.41) is 0.544. The molecule has 0 atom stereocenters. The molecule has 92 valence electrons. The van der Waals surface area contributed by atoms with E-state index in [9.17, 15) is 4.79 Å². The molecule has 0 unspecified atom stereocenters. The number of rotatable bonds is 3. The molecule has 0 saturated carbocycles. The molecule has 1 rings (SSSR count). The van der Waals surface area contributed by atoms with Crippen molar-refractivity contribution in [1.29, 1.82) is 0 Å². The standard InChI is InChI=1S/C11H11ClN2O.C2H6/c1-8(5-13)6-14-11-4-10(12)3-2-9(11)7-15;1-2/h2-7H,13H2,1H3;1-2H3/b8-5-,14-6?;. The van der Waals surface area contributed by atoms with Crippen LogP contribution >= 0.6 is 11.6 Å². The molecule has 0 radical (unpaired) electrons. The number of nitrogens with two attached hydrogens (primary N) is 1. The van der Waals surface area contributed by atoms with E-state index in [1.54, 1.807) is 24.4 Å². The van der Waals surface area contributed by atoms with Crippen LogP contribution in [-0.2, 0) is 0 Å². The quantitative estimate of drug-likeness (QED) is 0.658. The number of allylic oxidation sites excluding steroid dienone is 1. The van der Waals surface area contributed by atoms with Crippen molar-refractivity contribution < 1.29 is 4.79 Å². The molecule has 0 saturated heterocycles. The van der Waals surface area contributed by atoms with Crippen LogP contribution in [0.5, 0.6) is 0 Å². The fourth-order valence-electron chi connectivity index (χ4n) is 0.943. The number of nitrogens with zero attached hydrogens (tertiary/aromatic N) is 1. The third-order valence-corrected chi connectivity index (χ3v) is 2.02. The molecule has 0 aliphatic rings. The van der Waals surface area contributed by atoms with E-state index in [1.165, 1.54) is 6.20 Å². The zero-order valence-corrected chi connectivity index (χ0v) is 11.0. The molecule has 1 aromatic carbocycles. The smallest absolute Gasteiger partial charge is 0.152 e. The van der Waals surface area contributed by atoms with Crippen LogP contribution in [0.15, 0.2) is 35.0 Å². The second-order valence-electron chi connectivity index (χ2n) is 2.99. The van der Waals surface area contributed by atoms with Crippen molar-refractivity contribution in [2.75, 3.05) is 0 Å². The maximum absolute atomic E-state index is 10.7. The van der Waals surface area contributed by atoms with E-state index in [0.717, 1.165) is 11.9 Å². The summed E-state index contributed by atoms with van der Waals surface area (Å²) in [6.07, 6.45) is 3.76. The summed E-state index contributed by atoms with van der Waals surface area (Å²) in [4.78, 5) is 14.8. The van der Waals surface area contributed by atoms with Gasteiger partial charge in [0, 0.05) is 16.8 Å². The summed E-state index contributed by atoms with van der Waals surface area (Å²) in [5.74, 6) is 0. The molecular formula is C13H17ClN2O. The Balaban J connectivity index is 0.00000121. The largest absolute Gasteiger partial charge is 0.404 e.